The molecule has 5 saturated carbocycles. The predicted molar refractivity (Wildman–Crippen MR) is 84.0 cm³/mol. The highest BCUT2D eigenvalue weighted by molar-refractivity contribution is 5.72. The maximum atomic E-state index is 12.3. The van der Waals surface area contributed by atoms with Gasteiger partial charge in [0.2, 0.25) is 0 Å². The molecule has 0 heterocycles. The average Bonchev–Trinajstić information content (AvgIpc) is 2.51. The fourth-order valence-electron chi connectivity index (χ4n) is 5.94. The molecule has 1 unspecified atom stereocenters. The second-order valence-corrected chi connectivity index (χ2v) is 8.37. The van der Waals surface area contributed by atoms with Crippen LogP contribution in [-0.4, -0.2) is 18.4 Å². The summed E-state index contributed by atoms with van der Waals surface area (Å²) in [4.78, 5) is 12.3. The fraction of sp³-hybridized carbons (Fsp3) is 0.947. The standard InChI is InChI=1S/C19H30O3/c1-12(22-19(20)15-5-3-2-4-6-15)21-18-16-8-13-7-14(10-16)11-17(18)9-13/h12-18H,2-11H2,1H3. The summed E-state index contributed by atoms with van der Waals surface area (Å²) in [6.45, 7) is 1.92. The SMILES string of the molecule is CC(OC(=O)C1CCCCC1)OC1C2CC3CC(C2)CC1C3. The number of carbonyl (C=O) groups excluding carboxylic acids is 1. The molecule has 0 aliphatic heterocycles. The molecule has 4 bridgehead atoms. The second kappa shape index (κ2) is 6.14. The van der Waals surface area contributed by atoms with Gasteiger partial charge in [-0.2, -0.15) is 0 Å². The zero-order valence-electron chi connectivity index (χ0n) is 13.8. The van der Waals surface area contributed by atoms with Crippen molar-refractivity contribution in [3.63, 3.8) is 0 Å². The Labute approximate surface area is 134 Å². The highest BCUT2D eigenvalue weighted by atomic mass is 16.7. The van der Waals surface area contributed by atoms with Gasteiger partial charge in [0.25, 0.3) is 0 Å². The van der Waals surface area contributed by atoms with E-state index in [-0.39, 0.29) is 18.2 Å². The van der Waals surface area contributed by atoms with Crippen molar-refractivity contribution in [2.24, 2.45) is 29.6 Å². The molecule has 5 fully saturated rings. The van der Waals surface area contributed by atoms with Crippen LogP contribution in [0.5, 0.6) is 0 Å². The summed E-state index contributed by atoms with van der Waals surface area (Å²) in [5, 5.41) is 0. The molecule has 3 nitrogen and oxygen atoms in total. The minimum Gasteiger partial charge on any atom is -0.436 e. The van der Waals surface area contributed by atoms with E-state index in [9.17, 15) is 4.79 Å². The van der Waals surface area contributed by atoms with Crippen LogP contribution >= 0.6 is 0 Å². The van der Waals surface area contributed by atoms with E-state index in [1.807, 2.05) is 6.92 Å². The number of esters is 1. The van der Waals surface area contributed by atoms with Crippen LogP contribution in [0.1, 0.15) is 71.1 Å². The fourth-order valence-corrected chi connectivity index (χ4v) is 5.94. The van der Waals surface area contributed by atoms with Gasteiger partial charge in [0.05, 0.1) is 12.0 Å². The Kier molecular flexibility index (Phi) is 4.19. The van der Waals surface area contributed by atoms with Crippen LogP contribution in [0.3, 0.4) is 0 Å². The molecule has 0 N–H and O–H groups in total. The molecular formula is C19H30O3. The third-order valence-corrected chi connectivity index (χ3v) is 6.71. The summed E-state index contributed by atoms with van der Waals surface area (Å²) in [5.74, 6) is 3.48. The lowest BCUT2D eigenvalue weighted by Crippen LogP contribution is -2.50. The Hall–Kier alpha value is -0.570. The topological polar surface area (TPSA) is 35.5 Å². The first kappa shape index (κ1) is 15.0. The number of hydrogen-bond donors (Lipinski definition) is 0. The number of rotatable bonds is 4. The zero-order valence-corrected chi connectivity index (χ0v) is 13.8. The van der Waals surface area contributed by atoms with Gasteiger partial charge in [-0.1, -0.05) is 19.3 Å². The molecular weight excluding hydrogens is 276 g/mol. The van der Waals surface area contributed by atoms with Crippen LogP contribution < -0.4 is 0 Å². The van der Waals surface area contributed by atoms with Crippen molar-refractivity contribution < 1.29 is 14.3 Å². The Morgan fingerprint density at radius 3 is 2.09 bits per heavy atom. The smallest absolute Gasteiger partial charge is 0.311 e. The van der Waals surface area contributed by atoms with Crippen molar-refractivity contribution in [3.8, 4) is 0 Å². The zero-order chi connectivity index (χ0) is 15.1. The monoisotopic (exact) mass is 306 g/mol. The van der Waals surface area contributed by atoms with Crippen LogP contribution in [-0.2, 0) is 14.3 Å². The van der Waals surface area contributed by atoms with Crippen molar-refractivity contribution in [1.29, 1.82) is 0 Å². The summed E-state index contributed by atoms with van der Waals surface area (Å²) in [6, 6.07) is 0. The van der Waals surface area contributed by atoms with Gasteiger partial charge in [0.15, 0.2) is 6.29 Å². The molecule has 0 amide bonds. The van der Waals surface area contributed by atoms with Gasteiger partial charge in [0.1, 0.15) is 0 Å². The lowest BCUT2D eigenvalue weighted by Gasteiger charge is -2.54. The van der Waals surface area contributed by atoms with Gasteiger partial charge >= 0.3 is 5.97 Å². The highest BCUT2D eigenvalue weighted by Crippen LogP contribution is 2.54. The summed E-state index contributed by atoms with van der Waals surface area (Å²) < 4.78 is 11.9. The van der Waals surface area contributed by atoms with E-state index >= 15 is 0 Å². The molecule has 0 radical (unpaired) electrons. The Morgan fingerprint density at radius 1 is 0.909 bits per heavy atom. The molecule has 124 valence electrons. The van der Waals surface area contributed by atoms with Crippen molar-refractivity contribution in [3.05, 3.63) is 0 Å². The van der Waals surface area contributed by atoms with E-state index < -0.39 is 0 Å². The van der Waals surface area contributed by atoms with Gasteiger partial charge in [-0.3, -0.25) is 4.79 Å². The summed E-state index contributed by atoms with van der Waals surface area (Å²) in [6.07, 6.45) is 12.5. The molecule has 0 spiro atoms. The first-order chi connectivity index (χ1) is 10.7. The first-order valence-electron chi connectivity index (χ1n) is 9.55. The first-order valence-corrected chi connectivity index (χ1v) is 9.55. The number of hydrogen-bond acceptors (Lipinski definition) is 3. The van der Waals surface area contributed by atoms with Crippen LogP contribution in [0.15, 0.2) is 0 Å². The van der Waals surface area contributed by atoms with Crippen molar-refractivity contribution in [2.45, 2.75) is 83.5 Å². The summed E-state index contributed by atoms with van der Waals surface area (Å²) in [5.41, 5.74) is 0. The van der Waals surface area contributed by atoms with Gasteiger partial charge in [0, 0.05) is 0 Å². The van der Waals surface area contributed by atoms with Gasteiger partial charge in [-0.05, 0) is 75.5 Å². The number of ether oxygens (including phenoxy) is 2. The third kappa shape index (κ3) is 2.93. The Balaban J connectivity index is 1.30. The van der Waals surface area contributed by atoms with Gasteiger partial charge in [-0.25, -0.2) is 0 Å². The van der Waals surface area contributed by atoms with E-state index in [1.165, 1.54) is 51.4 Å². The molecule has 0 saturated heterocycles. The second-order valence-electron chi connectivity index (χ2n) is 8.37. The lowest BCUT2D eigenvalue weighted by molar-refractivity contribution is -0.222. The Bertz CT molecular complexity index is 385. The van der Waals surface area contributed by atoms with E-state index in [1.54, 1.807) is 0 Å². The third-order valence-electron chi connectivity index (χ3n) is 6.71. The Morgan fingerprint density at radius 2 is 1.50 bits per heavy atom. The van der Waals surface area contributed by atoms with E-state index in [0.29, 0.717) is 6.10 Å². The molecule has 0 aromatic heterocycles. The molecule has 5 rings (SSSR count). The van der Waals surface area contributed by atoms with E-state index in [4.69, 9.17) is 9.47 Å². The molecule has 5 aliphatic rings. The van der Waals surface area contributed by atoms with E-state index in [0.717, 1.165) is 36.5 Å². The highest BCUT2D eigenvalue weighted by Gasteiger charge is 2.49. The van der Waals surface area contributed by atoms with Gasteiger partial charge in [-0.15, -0.1) is 0 Å². The van der Waals surface area contributed by atoms with E-state index in [2.05, 4.69) is 0 Å². The van der Waals surface area contributed by atoms with Crippen LogP contribution in [0, 0.1) is 29.6 Å². The minimum atomic E-state index is -0.364. The van der Waals surface area contributed by atoms with Crippen molar-refractivity contribution in [2.75, 3.05) is 0 Å². The van der Waals surface area contributed by atoms with Crippen molar-refractivity contribution in [1.82, 2.24) is 0 Å². The molecule has 22 heavy (non-hydrogen) atoms. The lowest BCUT2D eigenvalue weighted by atomic mass is 9.55. The molecule has 3 heteroatoms. The summed E-state index contributed by atoms with van der Waals surface area (Å²) >= 11 is 0. The van der Waals surface area contributed by atoms with Crippen LogP contribution in [0.25, 0.3) is 0 Å². The quantitative estimate of drug-likeness (QED) is 0.574. The van der Waals surface area contributed by atoms with Crippen molar-refractivity contribution >= 4 is 5.97 Å². The molecule has 1 atom stereocenters. The van der Waals surface area contributed by atoms with Crippen LogP contribution in [0.2, 0.25) is 0 Å². The normalized spacial score (nSPS) is 42.3. The molecule has 0 aromatic rings. The van der Waals surface area contributed by atoms with Crippen LogP contribution in [0.4, 0.5) is 0 Å². The summed E-state index contributed by atoms with van der Waals surface area (Å²) in [7, 11) is 0. The predicted octanol–water partition coefficient (Wildman–Crippen LogP) is 4.30. The average molecular weight is 306 g/mol. The molecule has 5 aliphatic carbocycles. The minimum absolute atomic E-state index is 0.0176. The number of carbonyl (C=O) groups is 1. The molecule has 0 aromatic carbocycles. The maximum absolute atomic E-state index is 12.3. The maximum Gasteiger partial charge on any atom is 0.311 e. The van der Waals surface area contributed by atoms with Gasteiger partial charge < -0.3 is 9.47 Å². The largest absolute Gasteiger partial charge is 0.436 e.